The molecular formula is C13H31N3O3. The van der Waals surface area contributed by atoms with Gasteiger partial charge in [-0.2, -0.15) is 0 Å². The highest BCUT2D eigenvalue weighted by molar-refractivity contribution is 4.81. The van der Waals surface area contributed by atoms with Crippen molar-refractivity contribution in [3.8, 4) is 0 Å². The smallest absolute Gasteiger partial charge is 0.151 e. The van der Waals surface area contributed by atoms with Crippen molar-refractivity contribution in [2.45, 2.75) is 32.8 Å². The van der Waals surface area contributed by atoms with Crippen LogP contribution in [0.2, 0.25) is 0 Å². The van der Waals surface area contributed by atoms with Crippen molar-refractivity contribution in [1.29, 1.82) is 0 Å². The first-order valence-corrected chi connectivity index (χ1v) is 6.92. The topological polar surface area (TPSA) is 68.2 Å². The van der Waals surface area contributed by atoms with Crippen LogP contribution in [-0.2, 0) is 4.74 Å². The van der Waals surface area contributed by atoms with E-state index in [1.165, 1.54) is 0 Å². The fraction of sp³-hybridized carbons (Fsp3) is 1.00. The minimum atomic E-state index is -0.634. The molecular weight excluding hydrogens is 246 g/mol. The molecule has 0 bridgehead atoms. The van der Waals surface area contributed by atoms with Gasteiger partial charge in [-0.3, -0.25) is 4.90 Å². The molecule has 1 rings (SSSR count). The molecule has 1 saturated heterocycles. The van der Waals surface area contributed by atoms with Crippen LogP contribution in [0, 0.1) is 0 Å². The molecule has 0 aromatic heterocycles. The van der Waals surface area contributed by atoms with Gasteiger partial charge < -0.3 is 25.2 Å². The highest BCUT2D eigenvalue weighted by atomic mass is 16.6. The molecule has 2 unspecified atom stereocenters. The summed E-state index contributed by atoms with van der Waals surface area (Å²) in [6.45, 7) is 10.5. The maximum absolute atomic E-state index is 9.70. The molecule has 1 fully saturated rings. The molecule has 1 aliphatic rings. The molecule has 0 saturated carbocycles. The average Bonchev–Trinajstić information content (AvgIpc) is 2.28. The van der Waals surface area contributed by atoms with E-state index in [0.29, 0.717) is 13.2 Å². The van der Waals surface area contributed by atoms with Crippen molar-refractivity contribution in [1.82, 2.24) is 15.1 Å². The monoisotopic (exact) mass is 277 g/mol. The zero-order valence-electron chi connectivity index (χ0n) is 13.0. The summed E-state index contributed by atoms with van der Waals surface area (Å²) in [6.07, 6.45) is -0.634. The minimum absolute atomic E-state index is 0.588. The molecule has 1 aliphatic heterocycles. The number of aliphatic hydroxyl groups is 2. The Morgan fingerprint density at radius 2 is 2.11 bits per heavy atom. The Hall–Kier alpha value is -0.240. The summed E-state index contributed by atoms with van der Waals surface area (Å²) in [7, 11) is 3.93. The van der Waals surface area contributed by atoms with Gasteiger partial charge in [0, 0.05) is 26.2 Å². The second kappa shape index (κ2) is 9.63. The van der Waals surface area contributed by atoms with E-state index in [2.05, 4.69) is 17.1 Å². The summed E-state index contributed by atoms with van der Waals surface area (Å²) in [5, 5.41) is 21.5. The summed E-state index contributed by atoms with van der Waals surface area (Å²) in [5.74, 6) is 0. The quantitative estimate of drug-likeness (QED) is 0.590. The summed E-state index contributed by atoms with van der Waals surface area (Å²) in [4.78, 5) is 4.08. The van der Waals surface area contributed by atoms with E-state index in [1.54, 1.807) is 6.92 Å². The number of likely N-dealkylation sites (N-methyl/N-ethyl adjacent to an activating group) is 2. The van der Waals surface area contributed by atoms with E-state index >= 15 is 0 Å². The molecule has 19 heavy (non-hydrogen) atoms. The fourth-order valence-electron chi connectivity index (χ4n) is 1.80. The molecule has 3 N–H and O–H groups in total. The third kappa shape index (κ3) is 9.32. The van der Waals surface area contributed by atoms with Crippen LogP contribution in [0.1, 0.15) is 20.8 Å². The van der Waals surface area contributed by atoms with Gasteiger partial charge in [0.1, 0.15) is 5.72 Å². The van der Waals surface area contributed by atoms with E-state index in [0.717, 1.165) is 26.2 Å². The van der Waals surface area contributed by atoms with Crippen LogP contribution in [-0.4, -0.2) is 85.5 Å². The van der Waals surface area contributed by atoms with Crippen LogP contribution in [0.5, 0.6) is 0 Å². The van der Waals surface area contributed by atoms with Crippen LogP contribution < -0.4 is 5.32 Å². The number of nitrogens with one attached hydrogen (secondary N) is 1. The maximum Gasteiger partial charge on any atom is 0.151 e. The maximum atomic E-state index is 9.70. The van der Waals surface area contributed by atoms with Crippen LogP contribution in [0.4, 0.5) is 0 Å². The third-order valence-corrected chi connectivity index (χ3v) is 2.98. The number of rotatable bonds is 5. The number of hydrogen-bond donors (Lipinski definition) is 3. The Kier molecular flexibility index (Phi) is 9.51. The lowest BCUT2D eigenvalue weighted by molar-refractivity contribution is -0.103. The molecule has 116 valence electrons. The number of nitrogens with zero attached hydrogens (tertiary/aromatic N) is 2. The van der Waals surface area contributed by atoms with E-state index < -0.39 is 12.0 Å². The van der Waals surface area contributed by atoms with Crippen molar-refractivity contribution in [2.75, 3.05) is 53.4 Å². The molecule has 0 aliphatic carbocycles. The Morgan fingerprint density at radius 1 is 1.47 bits per heavy atom. The van der Waals surface area contributed by atoms with Crippen molar-refractivity contribution >= 4 is 0 Å². The zero-order chi connectivity index (χ0) is 14.9. The van der Waals surface area contributed by atoms with Crippen LogP contribution in [0.25, 0.3) is 0 Å². The van der Waals surface area contributed by atoms with Crippen LogP contribution >= 0.6 is 0 Å². The molecule has 0 radical (unpaired) electrons. The summed E-state index contributed by atoms with van der Waals surface area (Å²) < 4.78 is 4.87. The predicted octanol–water partition coefficient (Wildman–Crippen LogP) is -0.477. The lowest BCUT2D eigenvalue weighted by Crippen LogP contribution is -2.59. The van der Waals surface area contributed by atoms with Gasteiger partial charge in [-0.25, -0.2) is 0 Å². The van der Waals surface area contributed by atoms with Gasteiger partial charge in [0.2, 0.25) is 0 Å². The highest BCUT2D eigenvalue weighted by Gasteiger charge is 2.29. The molecule has 0 aromatic carbocycles. The molecule has 2 atom stereocenters. The first-order chi connectivity index (χ1) is 8.79. The number of hydrogen-bond acceptors (Lipinski definition) is 6. The number of ether oxygens (including phenoxy) is 1. The van der Waals surface area contributed by atoms with E-state index in [1.807, 2.05) is 25.9 Å². The van der Waals surface area contributed by atoms with Gasteiger partial charge in [-0.15, -0.1) is 0 Å². The Bertz CT molecular complexity index is 215. The Balaban J connectivity index is 0.000000344. The van der Waals surface area contributed by atoms with Gasteiger partial charge in [-0.05, 0) is 34.5 Å². The van der Waals surface area contributed by atoms with Gasteiger partial charge in [0.15, 0.2) is 6.29 Å². The largest absolute Gasteiger partial charge is 0.375 e. The van der Waals surface area contributed by atoms with E-state index in [9.17, 15) is 5.11 Å². The molecule has 1 heterocycles. The first-order valence-electron chi connectivity index (χ1n) is 6.92. The van der Waals surface area contributed by atoms with Crippen LogP contribution in [0.3, 0.4) is 0 Å². The highest BCUT2D eigenvalue weighted by Crippen LogP contribution is 2.11. The summed E-state index contributed by atoms with van der Waals surface area (Å²) in [6, 6.07) is 0. The van der Waals surface area contributed by atoms with Gasteiger partial charge in [-0.1, -0.05) is 6.92 Å². The van der Waals surface area contributed by atoms with Crippen molar-refractivity contribution in [3.63, 3.8) is 0 Å². The SMILES string of the molecule is CC(O)OCCN(C)C.CCN1CCNCC1(C)O. The van der Waals surface area contributed by atoms with Gasteiger partial charge in [0.05, 0.1) is 6.61 Å². The molecule has 0 amide bonds. The Morgan fingerprint density at radius 3 is 2.47 bits per heavy atom. The molecule has 0 aromatic rings. The second-order valence-corrected chi connectivity index (χ2v) is 5.25. The standard InChI is InChI=1S/C7H16N2O.C6H15NO2/c1-3-9-5-4-8-6-7(9,2)10;1-6(8)9-5-4-7(2)3/h8,10H,3-6H2,1-2H3;6,8H,4-5H2,1-3H3. The number of piperazine rings is 1. The normalized spacial score (nSPS) is 25.9. The van der Waals surface area contributed by atoms with Crippen molar-refractivity contribution in [2.24, 2.45) is 0 Å². The second-order valence-electron chi connectivity index (χ2n) is 5.25. The van der Waals surface area contributed by atoms with Crippen LogP contribution in [0.15, 0.2) is 0 Å². The predicted molar refractivity (Wildman–Crippen MR) is 76.9 cm³/mol. The first kappa shape index (κ1) is 18.8. The average molecular weight is 277 g/mol. The molecule has 6 heteroatoms. The fourth-order valence-corrected chi connectivity index (χ4v) is 1.80. The zero-order valence-corrected chi connectivity index (χ0v) is 13.0. The van der Waals surface area contributed by atoms with Gasteiger partial charge in [0.25, 0.3) is 0 Å². The Labute approximate surface area is 117 Å². The van der Waals surface area contributed by atoms with Crippen molar-refractivity contribution < 1.29 is 14.9 Å². The number of β-amino-alcohol motifs (C(OH)–C–C–N with tert-alkyl or cyclic N) is 1. The summed E-state index contributed by atoms with van der Waals surface area (Å²) >= 11 is 0. The minimum Gasteiger partial charge on any atom is -0.375 e. The lowest BCUT2D eigenvalue weighted by Gasteiger charge is -2.40. The van der Waals surface area contributed by atoms with Gasteiger partial charge >= 0.3 is 0 Å². The molecule has 6 nitrogen and oxygen atoms in total. The van der Waals surface area contributed by atoms with Crippen molar-refractivity contribution in [3.05, 3.63) is 0 Å². The van der Waals surface area contributed by atoms with E-state index in [4.69, 9.17) is 9.84 Å². The van der Waals surface area contributed by atoms with E-state index in [-0.39, 0.29) is 0 Å². The summed E-state index contributed by atoms with van der Waals surface area (Å²) in [5.41, 5.74) is -0.632. The molecule has 0 spiro atoms. The lowest BCUT2D eigenvalue weighted by atomic mass is 10.1. The third-order valence-electron chi connectivity index (χ3n) is 2.98. The number of aliphatic hydroxyl groups excluding tert-OH is 1.